The second kappa shape index (κ2) is 3.94. The Bertz CT molecular complexity index is 536. The van der Waals surface area contributed by atoms with Gasteiger partial charge in [-0.1, -0.05) is 0 Å². The zero-order valence-corrected chi connectivity index (χ0v) is 10.9. The number of hydrogen-bond donors (Lipinski definition) is 0. The Morgan fingerprint density at radius 2 is 2.33 bits per heavy atom. The molecule has 78 valence electrons. The highest BCUT2D eigenvalue weighted by molar-refractivity contribution is 9.10. The van der Waals surface area contributed by atoms with E-state index in [9.17, 15) is 4.79 Å². The van der Waals surface area contributed by atoms with Crippen molar-refractivity contribution < 1.29 is 9.53 Å². The minimum Gasteiger partial charge on any atom is -0.465 e. The Hall–Kier alpha value is -0.880. The van der Waals surface area contributed by atoms with Gasteiger partial charge in [-0.2, -0.15) is 0 Å². The van der Waals surface area contributed by atoms with E-state index in [1.54, 1.807) is 9.66 Å². The maximum absolute atomic E-state index is 11.3. The summed E-state index contributed by atoms with van der Waals surface area (Å²) in [5.74, 6) is -0.394. The van der Waals surface area contributed by atoms with E-state index in [-0.39, 0.29) is 0 Å². The topological polar surface area (TPSA) is 44.1 Å². The highest BCUT2D eigenvalue weighted by Crippen LogP contribution is 2.26. The molecule has 2 aromatic rings. The quantitative estimate of drug-likeness (QED) is 0.754. The zero-order valence-electron chi connectivity index (χ0n) is 7.70. The van der Waals surface area contributed by atoms with Gasteiger partial charge in [0.1, 0.15) is 5.52 Å². The van der Waals surface area contributed by atoms with E-state index in [1.807, 2.05) is 6.20 Å². The summed E-state index contributed by atoms with van der Waals surface area (Å²) in [6.07, 6.45) is 3.31. The molecule has 0 bridgehead atoms. The summed E-state index contributed by atoms with van der Waals surface area (Å²) in [5.41, 5.74) is 2.03. The maximum Gasteiger partial charge on any atom is 0.339 e. The van der Waals surface area contributed by atoms with Crippen molar-refractivity contribution in [2.45, 2.75) is 0 Å². The number of hydrogen-bond acceptors (Lipinski definition) is 3. The lowest BCUT2D eigenvalue weighted by Crippen LogP contribution is -2.01. The molecule has 4 nitrogen and oxygen atoms in total. The van der Waals surface area contributed by atoms with Crippen LogP contribution in [0.4, 0.5) is 0 Å². The van der Waals surface area contributed by atoms with Crippen molar-refractivity contribution in [3.63, 3.8) is 0 Å². The van der Waals surface area contributed by atoms with Gasteiger partial charge >= 0.3 is 5.97 Å². The number of carbonyl (C=O) groups excluding carboxylic acids is 1. The van der Waals surface area contributed by atoms with Crippen molar-refractivity contribution in [2.24, 2.45) is 0 Å². The summed E-state index contributed by atoms with van der Waals surface area (Å²) < 4.78 is 7.20. The predicted octanol–water partition coefficient (Wildman–Crippen LogP) is 2.74. The predicted molar refractivity (Wildman–Crippen MR) is 63.1 cm³/mol. The van der Waals surface area contributed by atoms with Crippen LogP contribution in [-0.4, -0.2) is 21.7 Å². The fraction of sp³-hybridized carbons (Fsp3) is 0.111. The smallest absolute Gasteiger partial charge is 0.339 e. The first-order chi connectivity index (χ1) is 7.13. The van der Waals surface area contributed by atoms with Gasteiger partial charge in [0.05, 0.1) is 38.8 Å². The molecular weight excluding hydrogens is 328 g/mol. The second-order valence-corrected chi connectivity index (χ2v) is 4.49. The molecular formula is C9H6Br2N2O2. The molecule has 6 heteroatoms. The summed E-state index contributed by atoms with van der Waals surface area (Å²) in [6.45, 7) is 0. The van der Waals surface area contributed by atoms with Crippen LogP contribution in [0.1, 0.15) is 10.4 Å². The first-order valence-corrected chi connectivity index (χ1v) is 5.55. The number of halogens is 2. The van der Waals surface area contributed by atoms with E-state index < -0.39 is 5.97 Å². The molecule has 2 heterocycles. The number of fused-ring (bicyclic) bond motifs is 1. The van der Waals surface area contributed by atoms with Crippen LogP contribution < -0.4 is 0 Å². The Morgan fingerprint density at radius 3 is 3.00 bits per heavy atom. The van der Waals surface area contributed by atoms with Crippen LogP contribution in [0, 0.1) is 0 Å². The van der Waals surface area contributed by atoms with Crippen LogP contribution >= 0.6 is 32.1 Å². The van der Waals surface area contributed by atoms with Gasteiger partial charge in [-0.15, -0.1) is 0 Å². The van der Waals surface area contributed by atoms with Gasteiger partial charge in [-0.3, -0.25) is 8.58 Å². The highest BCUT2D eigenvalue weighted by Gasteiger charge is 2.11. The molecule has 0 saturated carbocycles. The molecule has 0 saturated heterocycles. The monoisotopic (exact) mass is 332 g/mol. The molecule has 0 spiro atoms. The van der Waals surface area contributed by atoms with Crippen LogP contribution in [0.5, 0.6) is 0 Å². The highest BCUT2D eigenvalue weighted by atomic mass is 79.9. The molecule has 0 N–H and O–H groups in total. The summed E-state index contributed by atoms with van der Waals surface area (Å²) in [7, 11) is 1.34. The Balaban J connectivity index is 2.65. The minimum atomic E-state index is -0.394. The van der Waals surface area contributed by atoms with E-state index in [0.717, 1.165) is 15.5 Å². The number of methoxy groups -OCH3 is 1. The number of aromatic nitrogens is 2. The van der Waals surface area contributed by atoms with Gasteiger partial charge in [0, 0.05) is 12.4 Å². The second-order valence-electron chi connectivity index (χ2n) is 2.87. The third-order valence-corrected chi connectivity index (χ3v) is 3.14. The van der Waals surface area contributed by atoms with Gasteiger partial charge in [-0.05, 0) is 22.0 Å². The molecule has 0 aromatic carbocycles. The standard InChI is InChI=1S/C9H6Br2N2O2/c1-15-9(14)5-2-7-8(12-3-5)6(10)4-13(7)11/h2-4H,1H3. The lowest BCUT2D eigenvalue weighted by Gasteiger charge is -1.99. The van der Waals surface area contributed by atoms with Gasteiger partial charge in [0.15, 0.2) is 0 Å². The molecule has 0 aliphatic rings. The molecule has 0 unspecified atom stereocenters. The van der Waals surface area contributed by atoms with Crippen LogP contribution in [-0.2, 0) is 4.74 Å². The third kappa shape index (κ3) is 1.79. The molecule has 15 heavy (non-hydrogen) atoms. The van der Waals surface area contributed by atoms with Crippen molar-refractivity contribution in [1.82, 2.24) is 8.58 Å². The summed E-state index contributed by atoms with van der Waals surface area (Å²) in [6, 6.07) is 1.72. The molecule has 0 aliphatic carbocycles. The maximum atomic E-state index is 11.3. The molecule has 0 fully saturated rings. The van der Waals surface area contributed by atoms with Crippen molar-refractivity contribution in [2.75, 3.05) is 7.11 Å². The lowest BCUT2D eigenvalue weighted by molar-refractivity contribution is 0.0600. The minimum absolute atomic E-state index is 0.394. The number of nitrogens with zero attached hydrogens (tertiary/aromatic N) is 2. The average Bonchev–Trinajstić information content (AvgIpc) is 2.53. The number of rotatable bonds is 1. The Morgan fingerprint density at radius 1 is 1.60 bits per heavy atom. The molecule has 0 aliphatic heterocycles. The van der Waals surface area contributed by atoms with Crippen LogP contribution in [0.25, 0.3) is 11.0 Å². The SMILES string of the molecule is COC(=O)c1cnc2c(Br)cn(Br)c2c1. The van der Waals surface area contributed by atoms with Crippen molar-refractivity contribution in [3.05, 3.63) is 28.5 Å². The molecule has 0 amide bonds. The van der Waals surface area contributed by atoms with E-state index in [0.29, 0.717) is 5.56 Å². The van der Waals surface area contributed by atoms with Crippen LogP contribution in [0.15, 0.2) is 22.9 Å². The Labute approximate surface area is 103 Å². The largest absolute Gasteiger partial charge is 0.465 e. The number of pyridine rings is 1. The van der Waals surface area contributed by atoms with Gasteiger partial charge in [-0.25, -0.2) is 4.79 Å². The fourth-order valence-corrected chi connectivity index (χ4v) is 2.52. The molecule has 0 atom stereocenters. The molecule has 0 radical (unpaired) electrons. The average molecular weight is 334 g/mol. The van der Waals surface area contributed by atoms with E-state index >= 15 is 0 Å². The molecule has 2 rings (SSSR count). The zero-order chi connectivity index (χ0) is 11.0. The summed E-state index contributed by atoms with van der Waals surface area (Å²) in [5, 5.41) is 0. The lowest BCUT2D eigenvalue weighted by atomic mass is 10.2. The van der Waals surface area contributed by atoms with Gasteiger partial charge < -0.3 is 4.74 Å². The number of esters is 1. The first kappa shape index (κ1) is 10.6. The normalized spacial score (nSPS) is 10.6. The third-order valence-electron chi connectivity index (χ3n) is 1.97. The van der Waals surface area contributed by atoms with Crippen molar-refractivity contribution >= 4 is 49.1 Å². The van der Waals surface area contributed by atoms with Gasteiger partial charge in [0.2, 0.25) is 0 Å². The van der Waals surface area contributed by atoms with E-state index in [1.165, 1.54) is 13.3 Å². The Kier molecular flexibility index (Phi) is 2.79. The van der Waals surface area contributed by atoms with Gasteiger partial charge in [0.25, 0.3) is 0 Å². The van der Waals surface area contributed by atoms with E-state index in [2.05, 4.69) is 41.8 Å². The van der Waals surface area contributed by atoms with Crippen molar-refractivity contribution in [3.8, 4) is 0 Å². The fourth-order valence-electron chi connectivity index (χ4n) is 1.26. The summed E-state index contributed by atoms with van der Waals surface area (Å²) >= 11 is 6.68. The number of ether oxygens (including phenoxy) is 1. The van der Waals surface area contributed by atoms with Crippen LogP contribution in [0.2, 0.25) is 0 Å². The van der Waals surface area contributed by atoms with Crippen LogP contribution in [0.3, 0.4) is 0 Å². The first-order valence-electron chi connectivity index (χ1n) is 4.04. The summed E-state index contributed by atoms with van der Waals surface area (Å²) in [4.78, 5) is 15.4. The van der Waals surface area contributed by atoms with E-state index in [4.69, 9.17) is 0 Å². The number of carbonyl (C=O) groups is 1. The molecule has 2 aromatic heterocycles. The van der Waals surface area contributed by atoms with Crippen molar-refractivity contribution in [1.29, 1.82) is 0 Å².